The van der Waals surface area contributed by atoms with Gasteiger partial charge in [0.05, 0.1) is 19.6 Å². The molecule has 1 unspecified atom stereocenters. The average Bonchev–Trinajstić information content (AvgIpc) is 3.35. The Labute approximate surface area is 230 Å². The summed E-state index contributed by atoms with van der Waals surface area (Å²) in [6.07, 6.45) is 0.754. The topological polar surface area (TPSA) is 220 Å². The third kappa shape index (κ3) is 10.8. The number of carbonyl (C=O) groups excluding carboxylic acids is 9. The minimum absolute atomic E-state index is 0.000225. The lowest BCUT2D eigenvalue weighted by Gasteiger charge is -2.14. The molecule has 0 aliphatic carbocycles. The zero-order chi connectivity index (χ0) is 29.7. The summed E-state index contributed by atoms with van der Waals surface area (Å²) in [5.41, 5.74) is 0. The smallest absolute Gasteiger partial charge is 0.239 e. The van der Waals surface area contributed by atoms with E-state index in [2.05, 4.69) is 26.6 Å². The van der Waals surface area contributed by atoms with Crippen LogP contribution in [0.2, 0.25) is 0 Å². The first-order valence-electron chi connectivity index (χ1n) is 13.0. The van der Waals surface area contributed by atoms with E-state index >= 15 is 0 Å². The van der Waals surface area contributed by atoms with E-state index in [-0.39, 0.29) is 113 Å². The Bertz CT molecular complexity index is 1030. The molecule has 16 nitrogen and oxygen atoms in total. The maximum absolute atomic E-state index is 11.9. The molecular weight excluding hydrogens is 530 g/mol. The molecule has 0 radical (unpaired) electrons. The Kier molecular flexibility index (Phi) is 12.7. The normalized spacial score (nSPS) is 16.7. The van der Waals surface area contributed by atoms with E-state index in [1.165, 1.54) is 0 Å². The Morgan fingerprint density at radius 3 is 1.68 bits per heavy atom. The van der Waals surface area contributed by atoms with Crippen LogP contribution in [0.15, 0.2) is 0 Å². The molecule has 220 valence electrons. The molecule has 2 aliphatic heterocycles. The van der Waals surface area contributed by atoms with Gasteiger partial charge >= 0.3 is 0 Å². The summed E-state index contributed by atoms with van der Waals surface area (Å²) in [6.45, 7) is 0.811. The molecule has 0 aromatic carbocycles. The maximum Gasteiger partial charge on any atom is 0.239 e. The zero-order valence-corrected chi connectivity index (χ0v) is 22.3. The Balaban J connectivity index is 1.46. The third-order valence-corrected chi connectivity index (χ3v) is 6.08. The Morgan fingerprint density at radius 2 is 1.12 bits per heavy atom. The molecule has 0 aromatic rings. The van der Waals surface area contributed by atoms with E-state index in [9.17, 15) is 43.2 Å². The summed E-state index contributed by atoms with van der Waals surface area (Å²) in [5.74, 6) is -4.08. The number of carbonyl (C=O) groups is 9. The molecule has 2 rings (SSSR count). The van der Waals surface area contributed by atoms with Crippen LogP contribution in [-0.2, 0) is 43.2 Å². The predicted octanol–water partition coefficient (Wildman–Crippen LogP) is -3.72. The van der Waals surface area contributed by atoms with Gasteiger partial charge in [0.25, 0.3) is 0 Å². The highest BCUT2D eigenvalue weighted by Gasteiger charge is 2.35. The van der Waals surface area contributed by atoms with Crippen molar-refractivity contribution in [3.8, 4) is 0 Å². The molecule has 2 fully saturated rings. The van der Waals surface area contributed by atoms with Crippen LogP contribution in [0, 0.1) is 5.92 Å². The van der Waals surface area contributed by atoms with Crippen LogP contribution in [0.4, 0.5) is 0 Å². The number of nitrogens with one attached hydrogen (secondary N) is 5. The van der Waals surface area contributed by atoms with E-state index in [0.717, 1.165) is 9.80 Å². The monoisotopic (exact) mass is 565 g/mol. The standard InChI is InChI=1S/C24H35N7O9/c1-15-11-23(39)31(24(15)40)10-8-26-17(33)6-7-25-18(34)12-28-20(36)14-29-19(35)13-27-16(32)3-2-9-30-21(37)4-5-22(30)38/h15H,2-14H2,1H3,(H,25,34)(H,26,33)(H,27,32)(H,28,36)(H,29,35). The van der Waals surface area contributed by atoms with Gasteiger partial charge in [-0.05, 0) is 6.42 Å². The highest BCUT2D eigenvalue weighted by molar-refractivity contribution is 6.03. The summed E-state index contributed by atoms with van der Waals surface area (Å²) in [5, 5.41) is 12.0. The molecule has 5 N–H and O–H groups in total. The summed E-state index contributed by atoms with van der Waals surface area (Å²) >= 11 is 0. The molecule has 2 aliphatic rings. The van der Waals surface area contributed by atoms with E-state index in [0.29, 0.717) is 0 Å². The summed E-state index contributed by atoms with van der Waals surface area (Å²) in [4.78, 5) is 108. The van der Waals surface area contributed by atoms with Crippen LogP contribution in [0.3, 0.4) is 0 Å². The Hall–Kier alpha value is -4.37. The van der Waals surface area contributed by atoms with Gasteiger partial charge in [-0.25, -0.2) is 0 Å². The fourth-order valence-electron chi connectivity index (χ4n) is 3.88. The van der Waals surface area contributed by atoms with E-state index in [1.807, 2.05) is 0 Å². The molecule has 16 heteroatoms. The van der Waals surface area contributed by atoms with Crippen LogP contribution < -0.4 is 26.6 Å². The second-order valence-corrected chi connectivity index (χ2v) is 9.31. The molecule has 40 heavy (non-hydrogen) atoms. The number of imide groups is 2. The van der Waals surface area contributed by atoms with Crippen molar-refractivity contribution >= 4 is 53.2 Å². The first-order valence-corrected chi connectivity index (χ1v) is 13.0. The lowest BCUT2D eigenvalue weighted by Crippen LogP contribution is -2.44. The van der Waals surface area contributed by atoms with Gasteiger partial charge in [0.15, 0.2) is 0 Å². The van der Waals surface area contributed by atoms with Crippen LogP contribution in [0.1, 0.15) is 45.4 Å². The number of amides is 9. The van der Waals surface area contributed by atoms with E-state index in [4.69, 9.17) is 0 Å². The van der Waals surface area contributed by atoms with Gasteiger partial charge in [0.2, 0.25) is 53.2 Å². The summed E-state index contributed by atoms with van der Waals surface area (Å²) in [6, 6.07) is 0. The fraction of sp³-hybridized carbons (Fsp3) is 0.625. The van der Waals surface area contributed by atoms with Crippen LogP contribution in [0.25, 0.3) is 0 Å². The molecule has 0 saturated carbocycles. The number of hydrogen-bond acceptors (Lipinski definition) is 9. The van der Waals surface area contributed by atoms with Gasteiger partial charge in [-0.15, -0.1) is 0 Å². The fourth-order valence-corrected chi connectivity index (χ4v) is 3.88. The lowest BCUT2D eigenvalue weighted by molar-refractivity contribution is -0.140. The zero-order valence-electron chi connectivity index (χ0n) is 22.3. The molecule has 9 amide bonds. The van der Waals surface area contributed by atoms with E-state index < -0.39 is 30.2 Å². The first-order chi connectivity index (χ1) is 19.0. The molecule has 0 bridgehead atoms. The first kappa shape index (κ1) is 31.8. The second kappa shape index (κ2) is 15.9. The summed E-state index contributed by atoms with van der Waals surface area (Å²) in [7, 11) is 0. The average molecular weight is 566 g/mol. The van der Waals surface area contributed by atoms with Gasteiger partial charge in [0, 0.05) is 64.2 Å². The molecule has 0 spiro atoms. The van der Waals surface area contributed by atoms with Crippen molar-refractivity contribution in [1.82, 2.24) is 36.4 Å². The molecule has 2 saturated heterocycles. The number of rotatable bonds is 16. The number of likely N-dealkylation sites (tertiary alicyclic amines) is 2. The van der Waals surface area contributed by atoms with Crippen molar-refractivity contribution in [2.24, 2.45) is 5.92 Å². The van der Waals surface area contributed by atoms with Gasteiger partial charge in [-0.2, -0.15) is 0 Å². The van der Waals surface area contributed by atoms with Gasteiger partial charge < -0.3 is 26.6 Å². The van der Waals surface area contributed by atoms with Crippen molar-refractivity contribution in [2.45, 2.75) is 45.4 Å². The molecule has 0 aromatic heterocycles. The third-order valence-electron chi connectivity index (χ3n) is 6.08. The van der Waals surface area contributed by atoms with Crippen molar-refractivity contribution in [2.75, 3.05) is 45.8 Å². The number of nitrogens with zero attached hydrogens (tertiary/aromatic N) is 2. The number of hydrogen-bond donors (Lipinski definition) is 5. The van der Waals surface area contributed by atoms with Crippen molar-refractivity contribution < 1.29 is 43.2 Å². The van der Waals surface area contributed by atoms with Crippen molar-refractivity contribution in [3.05, 3.63) is 0 Å². The summed E-state index contributed by atoms with van der Waals surface area (Å²) < 4.78 is 0. The highest BCUT2D eigenvalue weighted by Crippen LogP contribution is 2.17. The SMILES string of the molecule is CC1CC(=O)N(CCNC(=O)CCNC(=O)CNC(=O)CNC(=O)CNC(=O)CCCN2C(=O)CCC2=O)C1=O. The molecular formula is C24H35N7O9. The lowest BCUT2D eigenvalue weighted by atomic mass is 10.1. The van der Waals surface area contributed by atoms with Gasteiger partial charge in [-0.1, -0.05) is 6.92 Å². The minimum atomic E-state index is -0.646. The Morgan fingerprint density at radius 1 is 0.625 bits per heavy atom. The van der Waals surface area contributed by atoms with Crippen LogP contribution in [-0.4, -0.2) is 109 Å². The molecule has 2 heterocycles. The van der Waals surface area contributed by atoms with E-state index in [1.54, 1.807) is 6.92 Å². The minimum Gasteiger partial charge on any atom is -0.354 e. The quantitative estimate of drug-likeness (QED) is 0.116. The largest absolute Gasteiger partial charge is 0.354 e. The highest BCUT2D eigenvalue weighted by atomic mass is 16.2. The second-order valence-electron chi connectivity index (χ2n) is 9.31. The predicted molar refractivity (Wildman–Crippen MR) is 135 cm³/mol. The van der Waals surface area contributed by atoms with Crippen molar-refractivity contribution in [3.63, 3.8) is 0 Å². The molecule has 1 atom stereocenters. The van der Waals surface area contributed by atoms with Gasteiger partial charge in [0.1, 0.15) is 0 Å². The van der Waals surface area contributed by atoms with Crippen LogP contribution in [0.5, 0.6) is 0 Å². The van der Waals surface area contributed by atoms with Gasteiger partial charge in [-0.3, -0.25) is 53.0 Å². The van der Waals surface area contributed by atoms with Crippen molar-refractivity contribution in [1.29, 1.82) is 0 Å². The van der Waals surface area contributed by atoms with Crippen LogP contribution >= 0.6 is 0 Å². The maximum atomic E-state index is 11.9.